The van der Waals surface area contributed by atoms with Crippen LogP contribution in [0.5, 0.6) is 0 Å². The van der Waals surface area contributed by atoms with Crippen LogP contribution in [0.3, 0.4) is 0 Å². The van der Waals surface area contributed by atoms with E-state index in [-0.39, 0.29) is 30.2 Å². The third kappa shape index (κ3) is 5.68. The molecule has 0 unspecified atom stereocenters. The van der Waals surface area contributed by atoms with Crippen LogP contribution >= 0.6 is 0 Å². The Labute approximate surface area is 209 Å². The number of amides is 1. The maximum Gasteiger partial charge on any atom is 0.409 e. The van der Waals surface area contributed by atoms with Gasteiger partial charge in [0.2, 0.25) is 10.0 Å². The van der Waals surface area contributed by atoms with Crippen molar-refractivity contribution in [3.05, 3.63) is 29.8 Å². The fraction of sp³-hybridized carbons (Fsp3) is 0.731. The third-order valence-corrected chi connectivity index (χ3v) is 10.1. The number of hydrogen-bond donors (Lipinski definition) is 0. The number of rotatable bonds is 6. The number of sulfonamides is 1. The molecule has 1 aromatic carbocycles. The van der Waals surface area contributed by atoms with E-state index in [0.29, 0.717) is 31.7 Å². The summed E-state index contributed by atoms with van der Waals surface area (Å²) in [4.78, 5) is 17.5. The first-order valence-corrected chi connectivity index (χ1v) is 14.7. The van der Waals surface area contributed by atoms with Crippen LogP contribution in [0.2, 0.25) is 0 Å². The number of nitrogens with zero attached hydrogens (tertiary/aromatic N) is 3. The van der Waals surface area contributed by atoms with Crippen molar-refractivity contribution in [2.45, 2.75) is 74.9 Å². The van der Waals surface area contributed by atoms with Gasteiger partial charge in [-0.15, -0.1) is 0 Å². The summed E-state index contributed by atoms with van der Waals surface area (Å²) in [5, 5.41) is 0. The second kappa shape index (κ2) is 10.7. The molecule has 0 bridgehead atoms. The third-order valence-electron chi connectivity index (χ3n) is 8.08. The molecule has 1 aromatic rings. The summed E-state index contributed by atoms with van der Waals surface area (Å²) in [6.07, 6.45) is 7.48. The molecule has 1 aliphatic carbocycles. The summed E-state index contributed by atoms with van der Waals surface area (Å²) in [6, 6.07) is 6.80. The molecular weight excluding hydrogens is 466 g/mol. The Hall–Kier alpha value is -1.68. The van der Waals surface area contributed by atoms with E-state index in [1.165, 1.54) is 32.4 Å². The van der Waals surface area contributed by atoms with Crippen molar-refractivity contribution in [3.8, 4) is 0 Å². The normalized spacial score (nSPS) is 27.6. The van der Waals surface area contributed by atoms with E-state index in [0.717, 1.165) is 31.2 Å². The fourth-order valence-electron chi connectivity index (χ4n) is 5.85. The predicted molar refractivity (Wildman–Crippen MR) is 133 cm³/mol. The molecule has 2 atom stereocenters. The predicted octanol–water partition coefficient (Wildman–Crippen LogP) is 3.25. The van der Waals surface area contributed by atoms with Crippen LogP contribution in [-0.4, -0.2) is 92.7 Å². The minimum atomic E-state index is -3.73. The van der Waals surface area contributed by atoms with Gasteiger partial charge in [0.15, 0.2) is 0 Å². The van der Waals surface area contributed by atoms with Crippen molar-refractivity contribution in [2.75, 3.05) is 46.0 Å². The summed E-state index contributed by atoms with van der Waals surface area (Å²) in [7, 11) is -3.73. The van der Waals surface area contributed by atoms with E-state index in [1.807, 2.05) is 19.1 Å². The number of benzene rings is 1. The quantitative estimate of drug-likeness (QED) is 0.591. The molecule has 5 rings (SSSR count). The molecular formula is C26H39N3O5S. The maximum atomic E-state index is 13.7. The van der Waals surface area contributed by atoms with Crippen LogP contribution in [-0.2, 0) is 19.5 Å². The monoisotopic (exact) mass is 505 g/mol. The van der Waals surface area contributed by atoms with Crippen molar-refractivity contribution in [1.29, 1.82) is 0 Å². The van der Waals surface area contributed by atoms with Crippen molar-refractivity contribution >= 4 is 16.1 Å². The molecule has 3 heterocycles. The van der Waals surface area contributed by atoms with Crippen molar-refractivity contribution in [2.24, 2.45) is 5.92 Å². The SMILES string of the molecule is Cc1ccc(S(=O)(=O)N2[C@@H](COC(=O)N3CCC(N4CCCCC4)CC3)COC[C@H]2C2CC2)cc1. The molecule has 9 heteroatoms. The number of carbonyl (C=O) groups is 1. The van der Waals surface area contributed by atoms with E-state index in [9.17, 15) is 13.2 Å². The van der Waals surface area contributed by atoms with Crippen LogP contribution in [0.15, 0.2) is 29.2 Å². The van der Waals surface area contributed by atoms with Gasteiger partial charge in [0.05, 0.1) is 30.2 Å². The minimum Gasteiger partial charge on any atom is -0.448 e. The zero-order valence-electron chi connectivity index (χ0n) is 20.8. The Kier molecular flexibility index (Phi) is 7.67. The Balaban J connectivity index is 1.22. The summed E-state index contributed by atoms with van der Waals surface area (Å²) >= 11 is 0. The zero-order valence-corrected chi connectivity index (χ0v) is 21.6. The lowest BCUT2D eigenvalue weighted by atomic mass is 10.0. The van der Waals surface area contributed by atoms with Crippen LogP contribution in [0.4, 0.5) is 4.79 Å². The summed E-state index contributed by atoms with van der Waals surface area (Å²) < 4.78 is 40.5. The highest BCUT2D eigenvalue weighted by atomic mass is 32.2. The van der Waals surface area contributed by atoms with Crippen molar-refractivity contribution in [3.63, 3.8) is 0 Å². The van der Waals surface area contributed by atoms with Gasteiger partial charge in [0.25, 0.3) is 0 Å². The molecule has 4 aliphatic rings. The average molecular weight is 506 g/mol. The Bertz CT molecular complexity index is 967. The minimum absolute atomic E-state index is 0.0131. The number of morpholine rings is 1. The first kappa shape index (κ1) is 25.0. The van der Waals surface area contributed by atoms with Crippen molar-refractivity contribution in [1.82, 2.24) is 14.1 Å². The van der Waals surface area contributed by atoms with Crippen molar-refractivity contribution < 1.29 is 22.7 Å². The van der Waals surface area contributed by atoms with Gasteiger partial charge in [-0.05, 0) is 76.6 Å². The second-order valence-electron chi connectivity index (χ2n) is 10.6. The Morgan fingerprint density at radius 3 is 2.31 bits per heavy atom. The molecule has 35 heavy (non-hydrogen) atoms. The highest BCUT2D eigenvalue weighted by Gasteiger charge is 2.47. The summed E-state index contributed by atoms with van der Waals surface area (Å²) in [6.45, 7) is 6.31. The van der Waals surface area contributed by atoms with E-state index < -0.39 is 16.1 Å². The number of carbonyl (C=O) groups excluding carboxylic acids is 1. The number of ether oxygens (including phenoxy) is 2. The van der Waals surface area contributed by atoms with Crippen LogP contribution < -0.4 is 0 Å². The van der Waals surface area contributed by atoms with Gasteiger partial charge in [0, 0.05) is 19.1 Å². The molecule has 0 radical (unpaired) electrons. The van der Waals surface area contributed by atoms with Gasteiger partial charge in [0.1, 0.15) is 6.61 Å². The summed E-state index contributed by atoms with van der Waals surface area (Å²) in [5.74, 6) is 0.308. The molecule has 1 amide bonds. The highest BCUT2D eigenvalue weighted by molar-refractivity contribution is 7.89. The lowest BCUT2D eigenvalue weighted by Gasteiger charge is -2.41. The van der Waals surface area contributed by atoms with E-state index in [4.69, 9.17) is 9.47 Å². The van der Waals surface area contributed by atoms with Gasteiger partial charge in [-0.3, -0.25) is 0 Å². The molecule has 1 saturated carbocycles. The number of aryl methyl sites for hydroxylation is 1. The van der Waals surface area contributed by atoms with Gasteiger partial charge in [-0.2, -0.15) is 4.31 Å². The Morgan fingerprint density at radius 1 is 0.971 bits per heavy atom. The van der Waals surface area contributed by atoms with Gasteiger partial charge in [-0.1, -0.05) is 24.1 Å². The van der Waals surface area contributed by atoms with Crippen LogP contribution in [0.25, 0.3) is 0 Å². The zero-order chi connectivity index (χ0) is 24.4. The fourth-order valence-corrected chi connectivity index (χ4v) is 7.68. The molecule has 194 valence electrons. The first-order chi connectivity index (χ1) is 16.9. The molecule has 0 aromatic heterocycles. The van der Waals surface area contributed by atoms with E-state index >= 15 is 0 Å². The first-order valence-electron chi connectivity index (χ1n) is 13.3. The largest absolute Gasteiger partial charge is 0.448 e. The van der Waals surface area contributed by atoms with Gasteiger partial charge in [-0.25, -0.2) is 13.2 Å². The number of hydrogen-bond acceptors (Lipinski definition) is 6. The molecule has 0 N–H and O–H groups in total. The van der Waals surface area contributed by atoms with E-state index in [2.05, 4.69) is 4.90 Å². The van der Waals surface area contributed by atoms with Crippen LogP contribution in [0, 0.1) is 12.8 Å². The lowest BCUT2D eigenvalue weighted by molar-refractivity contribution is -0.0367. The van der Waals surface area contributed by atoms with Gasteiger partial charge >= 0.3 is 6.09 Å². The van der Waals surface area contributed by atoms with Gasteiger partial charge < -0.3 is 19.3 Å². The highest BCUT2D eigenvalue weighted by Crippen LogP contribution is 2.40. The second-order valence-corrected chi connectivity index (χ2v) is 12.5. The molecule has 8 nitrogen and oxygen atoms in total. The molecule has 3 aliphatic heterocycles. The Morgan fingerprint density at radius 2 is 1.66 bits per heavy atom. The standard InChI is InChI=1S/C26H39N3O5S/c1-20-5-9-24(10-6-20)35(31,32)29-23(17-33-19-25(29)21-7-8-21)18-34-26(30)28-15-11-22(12-16-28)27-13-3-2-4-14-27/h5-6,9-10,21-23,25H,2-4,7-8,11-19H2,1H3/t23-,25+/m1/s1. The summed E-state index contributed by atoms with van der Waals surface area (Å²) in [5.41, 5.74) is 1.01. The number of piperidine rings is 2. The van der Waals surface area contributed by atoms with E-state index in [1.54, 1.807) is 21.3 Å². The molecule has 0 spiro atoms. The maximum absolute atomic E-state index is 13.7. The lowest BCUT2D eigenvalue weighted by Crippen LogP contribution is -2.57. The van der Waals surface area contributed by atoms with Crippen LogP contribution in [0.1, 0.15) is 50.5 Å². The molecule has 3 saturated heterocycles. The topological polar surface area (TPSA) is 79.4 Å². The smallest absolute Gasteiger partial charge is 0.409 e. The number of likely N-dealkylation sites (tertiary alicyclic amines) is 2. The molecule has 4 fully saturated rings. The average Bonchev–Trinajstić information content (AvgIpc) is 3.73.